The molecule has 3 rings (SSSR count). The molecule has 0 bridgehead atoms. The van der Waals surface area contributed by atoms with Gasteiger partial charge in [0.1, 0.15) is 11.6 Å². The summed E-state index contributed by atoms with van der Waals surface area (Å²) in [4.78, 5) is 24.3. The molecule has 0 aliphatic carbocycles. The molecule has 7 nitrogen and oxygen atoms in total. The molecular formula is C21H20ClNO6S. The zero-order valence-electron chi connectivity index (χ0n) is 16.6. The molecule has 1 unspecified atom stereocenters. The van der Waals surface area contributed by atoms with Gasteiger partial charge in [-0.05, 0) is 44.0 Å². The lowest BCUT2D eigenvalue weighted by molar-refractivity contribution is -0.136. The molecule has 0 aliphatic rings. The molecule has 0 fully saturated rings. The Kier molecular flexibility index (Phi) is 6.30. The Labute approximate surface area is 178 Å². The van der Waals surface area contributed by atoms with Gasteiger partial charge in [-0.15, -0.1) is 0 Å². The van der Waals surface area contributed by atoms with Gasteiger partial charge in [-0.1, -0.05) is 36.2 Å². The van der Waals surface area contributed by atoms with Crippen LogP contribution in [0.15, 0.2) is 56.6 Å². The van der Waals surface area contributed by atoms with Gasteiger partial charge >= 0.3 is 11.6 Å². The van der Waals surface area contributed by atoms with Crippen LogP contribution in [0, 0.1) is 13.8 Å². The van der Waals surface area contributed by atoms with Gasteiger partial charge in [-0.25, -0.2) is 18.0 Å². The Bertz CT molecular complexity index is 1270. The Morgan fingerprint density at radius 3 is 2.47 bits per heavy atom. The quantitative estimate of drug-likeness (QED) is 0.349. The van der Waals surface area contributed by atoms with E-state index in [1.54, 1.807) is 26.0 Å². The zero-order chi connectivity index (χ0) is 22.1. The summed E-state index contributed by atoms with van der Waals surface area (Å²) in [5.74, 6) is -0.861. The third kappa shape index (κ3) is 4.72. The number of ether oxygens (including phenoxy) is 1. The van der Waals surface area contributed by atoms with Crippen molar-refractivity contribution in [1.29, 1.82) is 0 Å². The third-order valence-corrected chi connectivity index (χ3v) is 6.32. The molecular weight excluding hydrogens is 430 g/mol. The number of fused-ring (bicyclic) bond motifs is 1. The van der Waals surface area contributed by atoms with E-state index in [1.165, 1.54) is 30.3 Å². The van der Waals surface area contributed by atoms with Crippen LogP contribution in [0.5, 0.6) is 5.75 Å². The topological polar surface area (TPSA) is 103 Å². The van der Waals surface area contributed by atoms with E-state index in [2.05, 4.69) is 4.72 Å². The predicted molar refractivity (Wildman–Crippen MR) is 113 cm³/mol. The van der Waals surface area contributed by atoms with Gasteiger partial charge in [0.15, 0.2) is 5.75 Å². The molecule has 0 amide bonds. The summed E-state index contributed by atoms with van der Waals surface area (Å²) in [5.41, 5.74) is 1.24. The number of hydrogen-bond donors (Lipinski definition) is 1. The standard InChI is InChI=1S/C21H20ClNO6S/c1-4-17(23-30(26,27)14-7-5-12(2)6-8-14)21(25)29-19-11-18-15(10-16(19)22)13(3)9-20(24)28-18/h5-11,17,23H,4H2,1-3H3. The van der Waals surface area contributed by atoms with Crippen LogP contribution in [0.3, 0.4) is 0 Å². The van der Waals surface area contributed by atoms with Crippen molar-refractivity contribution < 1.29 is 22.4 Å². The fourth-order valence-electron chi connectivity index (χ4n) is 2.85. The fourth-order valence-corrected chi connectivity index (χ4v) is 4.32. The highest BCUT2D eigenvalue weighted by Gasteiger charge is 2.26. The molecule has 9 heteroatoms. The normalized spacial score (nSPS) is 12.7. The van der Waals surface area contributed by atoms with E-state index in [4.69, 9.17) is 20.8 Å². The summed E-state index contributed by atoms with van der Waals surface area (Å²) in [6.45, 7) is 5.22. The lowest BCUT2D eigenvalue weighted by Gasteiger charge is -2.17. The van der Waals surface area contributed by atoms with Gasteiger partial charge in [-0.3, -0.25) is 0 Å². The van der Waals surface area contributed by atoms with Gasteiger partial charge in [0, 0.05) is 17.5 Å². The van der Waals surface area contributed by atoms with Gasteiger partial charge in [-0.2, -0.15) is 4.72 Å². The summed E-state index contributed by atoms with van der Waals surface area (Å²) in [6.07, 6.45) is 0.156. The molecule has 3 aromatic rings. The van der Waals surface area contributed by atoms with Crippen LogP contribution in [-0.2, 0) is 14.8 Å². The molecule has 2 aromatic carbocycles. The van der Waals surface area contributed by atoms with E-state index in [-0.39, 0.29) is 27.7 Å². The molecule has 0 aliphatic heterocycles. The second-order valence-electron chi connectivity index (χ2n) is 6.84. The number of halogens is 1. The first kappa shape index (κ1) is 22.0. The number of carbonyl (C=O) groups is 1. The highest BCUT2D eigenvalue weighted by Crippen LogP contribution is 2.31. The summed E-state index contributed by atoms with van der Waals surface area (Å²) in [7, 11) is -3.93. The number of aryl methyl sites for hydroxylation is 2. The second kappa shape index (κ2) is 8.59. The molecule has 0 radical (unpaired) electrons. The summed E-state index contributed by atoms with van der Waals surface area (Å²) in [6, 6.07) is 9.31. The predicted octanol–water partition coefficient (Wildman–Crippen LogP) is 3.73. The van der Waals surface area contributed by atoms with Crippen LogP contribution in [-0.4, -0.2) is 20.4 Å². The van der Waals surface area contributed by atoms with Crippen LogP contribution >= 0.6 is 11.6 Å². The molecule has 1 aromatic heterocycles. The van der Waals surface area contributed by atoms with E-state index in [0.717, 1.165) is 5.56 Å². The lowest BCUT2D eigenvalue weighted by atomic mass is 10.1. The number of hydrogen-bond acceptors (Lipinski definition) is 6. The third-order valence-electron chi connectivity index (χ3n) is 4.54. The molecule has 1 N–H and O–H groups in total. The Balaban J connectivity index is 1.85. The molecule has 1 heterocycles. The van der Waals surface area contributed by atoms with E-state index in [1.807, 2.05) is 6.92 Å². The number of sulfonamides is 1. The van der Waals surface area contributed by atoms with Gasteiger partial charge < -0.3 is 9.15 Å². The van der Waals surface area contributed by atoms with Gasteiger partial charge in [0.2, 0.25) is 10.0 Å². The van der Waals surface area contributed by atoms with Crippen molar-refractivity contribution in [2.24, 2.45) is 0 Å². The first-order valence-corrected chi connectivity index (χ1v) is 11.0. The van der Waals surface area contributed by atoms with Crippen LogP contribution in [0.4, 0.5) is 0 Å². The SMILES string of the molecule is CCC(NS(=O)(=O)c1ccc(C)cc1)C(=O)Oc1cc2oc(=O)cc(C)c2cc1Cl. The van der Waals surface area contributed by atoms with Crippen molar-refractivity contribution in [3.05, 3.63) is 69.0 Å². The van der Waals surface area contributed by atoms with Crippen molar-refractivity contribution >= 4 is 38.6 Å². The smallest absolute Gasteiger partial charge is 0.336 e. The van der Waals surface area contributed by atoms with Crippen LogP contribution in [0.1, 0.15) is 24.5 Å². The molecule has 30 heavy (non-hydrogen) atoms. The molecule has 158 valence electrons. The van der Waals surface area contributed by atoms with Gasteiger partial charge in [0.05, 0.1) is 9.92 Å². The van der Waals surface area contributed by atoms with Crippen LogP contribution in [0.25, 0.3) is 11.0 Å². The van der Waals surface area contributed by atoms with Crippen molar-refractivity contribution in [2.45, 2.75) is 38.1 Å². The number of esters is 1. The van der Waals surface area contributed by atoms with Crippen molar-refractivity contribution in [3.63, 3.8) is 0 Å². The average Bonchev–Trinajstić information content (AvgIpc) is 2.67. The first-order valence-electron chi connectivity index (χ1n) is 9.15. The molecule has 0 saturated carbocycles. The highest BCUT2D eigenvalue weighted by molar-refractivity contribution is 7.89. The lowest BCUT2D eigenvalue weighted by Crippen LogP contribution is -2.42. The van der Waals surface area contributed by atoms with Crippen LogP contribution in [0.2, 0.25) is 5.02 Å². The Morgan fingerprint density at radius 1 is 1.17 bits per heavy atom. The minimum Gasteiger partial charge on any atom is -0.424 e. The average molecular weight is 450 g/mol. The van der Waals surface area contributed by atoms with Gasteiger partial charge in [0.25, 0.3) is 0 Å². The fraction of sp³-hybridized carbons (Fsp3) is 0.238. The monoisotopic (exact) mass is 449 g/mol. The van der Waals surface area contributed by atoms with Crippen LogP contribution < -0.4 is 15.1 Å². The van der Waals surface area contributed by atoms with E-state index >= 15 is 0 Å². The summed E-state index contributed by atoms with van der Waals surface area (Å²) in [5, 5.41) is 0.732. The summed E-state index contributed by atoms with van der Waals surface area (Å²) < 4.78 is 38.0. The van der Waals surface area contributed by atoms with E-state index in [9.17, 15) is 18.0 Å². The number of rotatable bonds is 6. The minimum absolute atomic E-state index is 0.0316. The largest absolute Gasteiger partial charge is 0.424 e. The first-order chi connectivity index (χ1) is 14.1. The maximum Gasteiger partial charge on any atom is 0.336 e. The molecule has 0 saturated heterocycles. The maximum atomic E-state index is 12.6. The Hall–Kier alpha value is -2.68. The second-order valence-corrected chi connectivity index (χ2v) is 8.96. The molecule has 0 spiro atoms. The number of carbonyl (C=O) groups excluding carboxylic acids is 1. The highest BCUT2D eigenvalue weighted by atomic mass is 35.5. The summed E-state index contributed by atoms with van der Waals surface area (Å²) >= 11 is 6.22. The van der Waals surface area contributed by atoms with Crippen molar-refractivity contribution in [3.8, 4) is 5.75 Å². The van der Waals surface area contributed by atoms with E-state index in [0.29, 0.717) is 10.9 Å². The van der Waals surface area contributed by atoms with Crippen molar-refractivity contribution in [2.75, 3.05) is 0 Å². The maximum absolute atomic E-state index is 12.6. The zero-order valence-corrected chi connectivity index (χ0v) is 18.1. The van der Waals surface area contributed by atoms with E-state index < -0.39 is 27.7 Å². The number of benzene rings is 2. The number of nitrogens with one attached hydrogen (secondary N) is 1. The molecule has 1 atom stereocenters. The minimum atomic E-state index is -3.93. The Morgan fingerprint density at radius 2 is 1.83 bits per heavy atom. The van der Waals surface area contributed by atoms with Crippen molar-refractivity contribution in [1.82, 2.24) is 4.72 Å².